The molecule has 0 fully saturated rings. The van der Waals surface area contributed by atoms with Crippen LogP contribution in [0.5, 0.6) is 0 Å². The monoisotopic (exact) mass is 268 g/mol. The van der Waals surface area contributed by atoms with Gasteiger partial charge < -0.3 is 25.8 Å². The number of aliphatic hydroxyl groups excluding tert-OH is 3. The Bertz CT molecular complexity index is 555. The fourth-order valence-corrected chi connectivity index (χ4v) is 1.90. The Labute approximate surface area is 109 Å². The summed E-state index contributed by atoms with van der Waals surface area (Å²) in [6.07, 6.45) is -2.19. The zero-order valence-corrected chi connectivity index (χ0v) is 10.3. The first-order chi connectivity index (χ1) is 9.10. The highest BCUT2D eigenvalue weighted by molar-refractivity contribution is 5.65. The molecular weight excluding hydrogens is 252 g/mol. The van der Waals surface area contributed by atoms with Crippen LogP contribution in [0.4, 0.5) is 5.82 Å². The molecule has 0 bridgehead atoms. The van der Waals surface area contributed by atoms with Crippen LogP contribution in [0.25, 0.3) is 5.52 Å². The third-order valence-corrected chi connectivity index (χ3v) is 3.00. The van der Waals surface area contributed by atoms with Gasteiger partial charge in [-0.25, -0.2) is 9.50 Å². The minimum atomic E-state index is -1.29. The summed E-state index contributed by atoms with van der Waals surface area (Å²) in [5.74, 6) is 0.272. The van der Waals surface area contributed by atoms with E-state index in [-0.39, 0.29) is 5.82 Å². The molecule has 2 rings (SSSR count). The van der Waals surface area contributed by atoms with E-state index in [0.717, 1.165) is 0 Å². The van der Waals surface area contributed by atoms with E-state index < -0.39 is 24.9 Å². The molecule has 19 heavy (non-hydrogen) atoms. The number of nitrogens with two attached hydrogens (primary N) is 1. The molecule has 0 aliphatic carbocycles. The van der Waals surface area contributed by atoms with E-state index in [2.05, 4.69) is 10.1 Å². The zero-order valence-electron chi connectivity index (χ0n) is 10.3. The molecule has 2 aromatic rings. The van der Waals surface area contributed by atoms with Crippen molar-refractivity contribution in [1.29, 1.82) is 0 Å². The minimum absolute atomic E-state index is 0.272. The topological polar surface area (TPSA) is 126 Å². The van der Waals surface area contributed by atoms with Crippen LogP contribution in [-0.2, 0) is 4.74 Å². The third-order valence-electron chi connectivity index (χ3n) is 3.00. The van der Waals surface area contributed by atoms with E-state index in [4.69, 9.17) is 15.6 Å². The van der Waals surface area contributed by atoms with E-state index in [1.807, 2.05) is 0 Å². The molecule has 5 N–H and O–H groups in total. The number of anilines is 1. The van der Waals surface area contributed by atoms with Crippen LogP contribution < -0.4 is 5.73 Å². The lowest BCUT2D eigenvalue weighted by atomic mass is 10.1. The molecule has 8 nitrogen and oxygen atoms in total. The van der Waals surface area contributed by atoms with Gasteiger partial charge in [-0.1, -0.05) is 0 Å². The normalized spacial score (nSPS) is 16.4. The van der Waals surface area contributed by atoms with E-state index in [9.17, 15) is 10.2 Å². The summed E-state index contributed by atoms with van der Waals surface area (Å²) in [5, 5.41) is 33.1. The molecular formula is C11H16N4O4. The summed E-state index contributed by atoms with van der Waals surface area (Å²) in [5.41, 5.74) is 6.55. The number of nitrogens with zero attached hydrogens (tertiary/aromatic N) is 3. The van der Waals surface area contributed by atoms with Crippen molar-refractivity contribution < 1.29 is 20.1 Å². The molecule has 0 aliphatic rings. The second-order valence-electron chi connectivity index (χ2n) is 4.09. The number of aromatic nitrogens is 3. The Balaban J connectivity index is 2.36. The third kappa shape index (κ3) is 2.38. The molecule has 8 heteroatoms. The Morgan fingerprint density at radius 3 is 2.79 bits per heavy atom. The van der Waals surface area contributed by atoms with Gasteiger partial charge in [0.2, 0.25) is 0 Å². The second-order valence-corrected chi connectivity index (χ2v) is 4.09. The van der Waals surface area contributed by atoms with E-state index in [1.165, 1.54) is 18.0 Å². The summed E-state index contributed by atoms with van der Waals surface area (Å²) < 4.78 is 6.28. The van der Waals surface area contributed by atoms with Crippen molar-refractivity contribution in [3.8, 4) is 0 Å². The van der Waals surface area contributed by atoms with Gasteiger partial charge in [-0.3, -0.25) is 0 Å². The zero-order chi connectivity index (χ0) is 14.0. The molecule has 0 aromatic carbocycles. The van der Waals surface area contributed by atoms with Gasteiger partial charge >= 0.3 is 0 Å². The van der Waals surface area contributed by atoms with Gasteiger partial charge in [-0.2, -0.15) is 5.10 Å². The van der Waals surface area contributed by atoms with Crippen molar-refractivity contribution in [3.63, 3.8) is 0 Å². The first kappa shape index (κ1) is 13.7. The SMILES string of the molecule is COC(CO)[C@@H](O)[C@@H](O)c1ccc2c(N)ncnn12. The Morgan fingerprint density at radius 1 is 1.42 bits per heavy atom. The highest BCUT2D eigenvalue weighted by atomic mass is 16.5. The maximum atomic E-state index is 10.1. The number of ether oxygens (including phenoxy) is 1. The summed E-state index contributed by atoms with van der Waals surface area (Å²) in [7, 11) is 1.34. The van der Waals surface area contributed by atoms with Gasteiger partial charge in [0.1, 0.15) is 30.2 Å². The highest BCUT2D eigenvalue weighted by Gasteiger charge is 2.29. The van der Waals surface area contributed by atoms with Gasteiger partial charge in [0, 0.05) is 7.11 Å². The Kier molecular flexibility index (Phi) is 3.96. The lowest BCUT2D eigenvalue weighted by Gasteiger charge is -2.23. The second kappa shape index (κ2) is 5.49. The molecule has 3 atom stereocenters. The van der Waals surface area contributed by atoms with Crippen molar-refractivity contribution in [2.24, 2.45) is 0 Å². The van der Waals surface area contributed by atoms with Crippen molar-refractivity contribution in [2.75, 3.05) is 19.5 Å². The molecule has 2 aromatic heterocycles. The maximum absolute atomic E-state index is 10.1. The number of nitrogen functional groups attached to an aromatic ring is 1. The summed E-state index contributed by atoms with van der Waals surface area (Å²) in [6, 6.07) is 3.22. The van der Waals surface area contributed by atoms with Crippen LogP contribution in [0.1, 0.15) is 11.8 Å². The quantitative estimate of drug-likeness (QED) is 0.531. The smallest absolute Gasteiger partial charge is 0.151 e. The van der Waals surface area contributed by atoms with E-state index >= 15 is 0 Å². The first-order valence-corrected chi connectivity index (χ1v) is 5.68. The highest BCUT2D eigenvalue weighted by Crippen LogP contribution is 2.23. The molecule has 0 spiro atoms. The number of fused-ring (bicyclic) bond motifs is 1. The summed E-state index contributed by atoms with van der Waals surface area (Å²) in [6.45, 7) is -0.408. The lowest BCUT2D eigenvalue weighted by Crippen LogP contribution is -2.36. The average Bonchev–Trinajstić information content (AvgIpc) is 2.84. The number of hydrogen-bond acceptors (Lipinski definition) is 7. The van der Waals surface area contributed by atoms with Crippen molar-refractivity contribution in [1.82, 2.24) is 14.6 Å². The van der Waals surface area contributed by atoms with Crippen LogP contribution in [0.15, 0.2) is 18.5 Å². The number of rotatable bonds is 5. The molecule has 0 radical (unpaired) electrons. The predicted molar refractivity (Wildman–Crippen MR) is 66.2 cm³/mol. The number of hydrogen-bond donors (Lipinski definition) is 4. The predicted octanol–water partition coefficient (Wildman–Crippen LogP) is -1.29. The van der Waals surface area contributed by atoms with Gasteiger partial charge in [-0.15, -0.1) is 0 Å². The van der Waals surface area contributed by atoms with Crippen LogP contribution in [0.2, 0.25) is 0 Å². The Morgan fingerprint density at radius 2 is 2.16 bits per heavy atom. The molecule has 1 unspecified atom stereocenters. The number of aliphatic hydroxyl groups is 3. The van der Waals surface area contributed by atoms with E-state index in [0.29, 0.717) is 11.2 Å². The average molecular weight is 268 g/mol. The molecule has 0 saturated heterocycles. The van der Waals surface area contributed by atoms with Crippen molar-refractivity contribution in [2.45, 2.75) is 18.3 Å². The fraction of sp³-hybridized carbons (Fsp3) is 0.455. The van der Waals surface area contributed by atoms with Crippen LogP contribution in [0.3, 0.4) is 0 Å². The number of methoxy groups -OCH3 is 1. The van der Waals surface area contributed by atoms with Gasteiger partial charge in [0.25, 0.3) is 0 Å². The van der Waals surface area contributed by atoms with Crippen molar-refractivity contribution in [3.05, 3.63) is 24.2 Å². The maximum Gasteiger partial charge on any atom is 0.151 e. The molecule has 0 saturated carbocycles. The molecule has 104 valence electrons. The molecule has 0 aliphatic heterocycles. The van der Waals surface area contributed by atoms with Crippen LogP contribution in [0, 0.1) is 0 Å². The standard InChI is InChI=1S/C11H16N4O4/c1-19-8(4-16)10(18)9(17)6-2-3-7-11(12)13-5-14-15(6)7/h2-3,5,8-10,16-18H,4H2,1H3,(H2,12,13,14)/t8?,9-,10+/m0/s1. The van der Waals surface area contributed by atoms with Gasteiger partial charge in [-0.05, 0) is 12.1 Å². The lowest BCUT2D eigenvalue weighted by molar-refractivity contribution is -0.0953. The van der Waals surface area contributed by atoms with Crippen LogP contribution in [-0.4, -0.2) is 55.8 Å². The minimum Gasteiger partial charge on any atom is -0.394 e. The Hall–Kier alpha value is -1.74. The molecule has 2 heterocycles. The largest absolute Gasteiger partial charge is 0.394 e. The van der Waals surface area contributed by atoms with Crippen molar-refractivity contribution >= 4 is 11.3 Å². The summed E-state index contributed by atoms with van der Waals surface area (Å²) >= 11 is 0. The molecule has 0 amide bonds. The van der Waals surface area contributed by atoms with E-state index in [1.54, 1.807) is 12.1 Å². The van der Waals surface area contributed by atoms with Crippen LogP contribution >= 0.6 is 0 Å². The van der Waals surface area contributed by atoms with Gasteiger partial charge in [0.05, 0.1) is 12.3 Å². The van der Waals surface area contributed by atoms with Gasteiger partial charge in [0.15, 0.2) is 5.82 Å². The summed E-state index contributed by atoms with van der Waals surface area (Å²) in [4.78, 5) is 3.83. The fourth-order valence-electron chi connectivity index (χ4n) is 1.90. The first-order valence-electron chi connectivity index (χ1n) is 5.68.